The zero-order chi connectivity index (χ0) is 54.0. The molecule has 0 spiro atoms. The summed E-state index contributed by atoms with van der Waals surface area (Å²) < 4.78 is 111. The maximum absolute atomic E-state index is 12.6. The number of aliphatic hydroxyl groups is 2. The van der Waals surface area contributed by atoms with E-state index < -0.39 is 51.4 Å². The van der Waals surface area contributed by atoms with Gasteiger partial charge in [-0.1, -0.05) is 20.8 Å². The first-order chi connectivity index (χ1) is 33.4. The first-order valence-electron chi connectivity index (χ1n) is 23.1. The molecule has 6 heterocycles. The van der Waals surface area contributed by atoms with Crippen molar-refractivity contribution in [1.29, 1.82) is 0 Å². The largest absolute Gasteiger partial charge is 0.523 e. The number of likely N-dealkylation sites (tertiary alicyclic amines) is 2. The minimum Gasteiger partial charge on any atom is -0.416 e. The summed E-state index contributed by atoms with van der Waals surface area (Å²) in [6, 6.07) is 0. The van der Waals surface area contributed by atoms with Gasteiger partial charge in [0.15, 0.2) is 8.32 Å². The highest BCUT2D eigenvalue weighted by Crippen LogP contribution is 2.48. The molecule has 2 fully saturated rings. The molecule has 24 nitrogen and oxygen atoms in total. The molecular weight excluding hydrogens is 1040 g/mol. The third kappa shape index (κ3) is 16.7. The van der Waals surface area contributed by atoms with Crippen LogP contribution in [0.5, 0.6) is 0 Å². The summed E-state index contributed by atoms with van der Waals surface area (Å²) in [4.78, 5) is 47.6. The number of ether oxygens (including phenoxy) is 1. The summed E-state index contributed by atoms with van der Waals surface area (Å²) in [7, 11) is -14.2. The van der Waals surface area contributed by atoms with E-state index in [0.717, 1.165) is 24.3 Å². The van der Waals surface area contributed by atoms with Gasteiger partial charge in [0.05, 0.1) is 44.8 Å². The van der Waals surface area contributed by atoms with Crippen LogP contribution in [0, 0.1) is 11.8 Å². The van der Waals surface area contributed by atoms with E-state index in [9.17, 15) is 50.5 Å². The van der Waals surface area contributed by atoms with E-state index in [4.69, 9.17) is 29.7 Å². The van der Waals surface area contributed by atoms with Crippen LogP contribution in [-0.4, -0.2) is 169 Å². The van der Waals surface area contributed by atoms with E-state index in [1.807, 2.05) is 0 Å². The third-order valence-corrected chi connectivity index (χ3v) is 21.3. The molecule has 4 aromatic heterocycles. The van der Waals surface area contributed by atoms with Crippen LogP contribution in [0.3, 0.4) is 0 Å². The van der Waals surface area contributed by atoms with Crippen LogP contribution in [0.15, 0.2) is 22.0 Å². The highest BCUT2D eigenvalue weighted by Gasteiger charge is 2.48. The Kier molecular flexibility index (Phi) is 21.5. The van der Waals surface area contributed by atoms with Gasteiger partial charge in [0.2, 0.25) is 19.3 Å². The minimum absolute atomic E-state index is 0.0107. The van der Waals surface area contributed by atoms with Crippen molar-refractivity contribution in [3.63, 3.8) is 0 Å². The lowest BCUT2D eigenvalue weighted by Crippen LogP contribution is -2.43. The molecule has 5 atom stereocenters. The van der Waals surface area contributed by atoms with Crippen LogP contribution >= 0.6 is 15.0 Å². The van der Waals surface area contributed by atoms with Crippen molar-refractivity contribution in [1.82, 2.24) is 39.7 Å². The summed E-state index contributed by atoms with van der Waals surface area (Å²) in [6.07, 6.45) is 1.95. The molecule has 5 unspecified atom stereocenters. The Labute approximate surface area is 416 Å². The first-order valence-corrected chi connectivity index (χ1v) is 31.4. The van der Waals surface area contributed by atoms with Crippen LogP contribution < -0.4 is 22.6 Å². The smallest absolute Gasteiger partial charge is 0.416 e. The Balaban J connectivity index is 0.000000248. The number of halogens is 3. The van der Waals surface area contributed by atoms with Gasteiger partial charge in [-0.2, -0.15) is 21.6 Å². The van der Waals surface area contributed by atoms with E-state index in [2.05, 4.69) is 82.3 Å². The van der Waals surface area contributed by atoms with Gasteiger partial charge in [0.1, 0.15) is 28.4 Å². The average molecular weight is 1110 g/mol. The normalized spacial score (nSPS) is 20.4. The number of aliphatic hydroxyl groups excluding tert-OH is 2. The quantitative estimate of drug-likeness (QED) is 0.0249. The molecule has 2 saturated heterocycles. The van der Waals surface area contributed by atoms with Gasteiger partial charge >= 0.3 is 23.2 Å². The number of H-pyrrole nitrogens is 4. The third-order valence-electron chi connectivity index (χ3n) is 12.2. The summed E-state index contributed by atoms with van der Waals surface area (Å²) in [5.41, 5.74) is 8.93. The minimum atomic E-state index is -5.70. The fraction of sp³-hybridized carbons (Fsp3) is 0.707. The number of aromatic nitrogens is 6. The maximum Gasteiger partial charge on any atom is 0.523 e. The Morgan fingerprint density at radius 2 is 1.32 bits per heavy atom. The number of nitrogens with one attached hydrogen (secondary N) is 4. The van der Waals surface area contributed by atoms with Gasteiger partial charge in [-0.15, -0.1) is 0 Å². The van der Waals surface area contributed by atoms with Gasteiger partial charge in [0, 0.05) is 94.5 Å². The molecule has 4 aromatic rings. The number of anilines is 2. The molecule has 6 rings (SSSR count). The Morgan fingerprint density at radius 3 is 1.78 bits per heavy atom. The molecule has 0 radical (unpaired) electrons. The molecule has 0 saturated carbocycles. The second-order valence-electron chi connectivity index (χ2n) is 18.9. The van der Waals surface area contributed by atoms with Gasteiger partial charge in [-0.3, -0.25) is 42.7 Å². The van der Waals surface area contributed by atoms with Gasteiger partial charge in [0.25, 0.3) is 11.1 Å². The fourth-order valence-corrected chi connectivity index (χ4v) is 12.1. The maximum atomic E-state index is 12.6. The molecule has 0 aromatic carbocycles. The number of fused-ring (bicyclic) bond motifs is 2. The number of hydrogen-bond donors (Lipinski definition) is 8. The summed E-state index contributed by atoms with van der Waals surface area (Å²) >= 11 is 0. The van der Waals surface area contributed by atoms with Crippen molar-refractivity contribution in [3.05, 3.63) is 44.2 Å². The topological polar surface area (TPSA) is 346 Å². The number of nitrogens with two attached hydrogens (primary N) is 2. The molecule has 0 bridgehead atoms. The van der Waals surface area contributed by atoms with Crippen LogP contribution in [0.1, 0.15) is 52.7 Å². The number of nitrogen functional groups attached to an aromatic ring is 2. The van der Waals surface area contributed by atoms with E-state index >= 15 is 0 Å². The molecule has 2 aliphatic heterocycles. The second-order valence-corrected chi connectivity index (χ2v) is 30.0. The highest BCUT2D eigenvalue weighted by atomic mass is 32.2. The van der Waals surface area contributed by atoms with Gasteiger partial charge in [-0.25, -0.2) is 9.97 Å². The zero-order valence-electron chi connectivity index (χ0n) is 42.0. The average Bonchev–Trinajstić information content (AvgIpc) is 4.05. The molecular formula is C41H71F3N10O14P2SSi. The summed E-state index contributed by atoms with van der Waals surface area (Å²) in [6.45, 7) is 22.1. The number of alkyl halides is 3. The van der Waals surface area contributed by atoms with Crippen LogP contribution in [0.4, 0.5) is 25.1 Å². The molecule has 2 aliphatic rings. The van der Waals surface area contributed by atoms with Crippen LogP contribution in [0.2, 0.25) is 18.1 Å². The highest BCUT2D eigenvalue weighted by molar-refractivity contribution is 7.87. The van der Waals surface area contributed by atoms with Gasteiger partial charge in [-0.05, 0) is 38.9 Å². The second kappa shape index (κ2) is 25.3. The van der Waals surface area contributed by atoms with Crippen molar-refractivity contribution in [2.24, 2.45) is 11.8 Å². The number of β-amino-alcohol motifs (C(OH)–C–C–N with tert-alkyl or cyclic N) is 1. The lowest BCUT2D eigenvalue weighted by atomic mass is 10.1. The number of hydrogen-bond acceptors (Lipinski definition) is 20. The van der Waals surface area contributed by atoms with Crippen molar-refractivity contribution in [2.45, 2.75) is 90.5 Å². The number of nitrogens with zero attached hydrogens (tertiary/aromatic N) is 4. The Hall–Kier alpha value is -3.54. The van der Waals surface area contributed by atoms with Crippen molar-refractivity contribution in [2.75, 3.05) is 96.5 Å². The van der Waals surface area contributed by atoms with Crippen molar-refractivity contribution < 1.29 is 67.8 Å². The monoisotopic (exact) mass is 1110 g/mol. The first kappa shape index (κ1) is 61.0. The molecule has 31 heteroatoms. The number of aromatic amines is 4. The molecule has 72 heavy (non-hydrogen) atoms. The van der Waals surface area contributed by atoms with Crippen LogP contribution in [-0.2, 0) is 59.3 Å². The SMILES string of the molecule is CC(C)(C)[Si](C)(C)OCC1CN(Cc2c[nH]c3c(=O)[nH]c(N)nc23)CC1O.CCOP(=O)(CCOC1CN(Cc2c[nH]c3c(=O)[nH]c(N)nc23)CC1CO)OCC.CCOP(C)(=O)COS(=O)(=O)C(F)(F)F. The van der Waals surface area contributed by atoms with Crippen molar-refractivity contribution in [3.8, 4) is 0 Å². The van der Waals surface area contributed by atoms with E-state index in [0.29, 0.717) is 74.6 Å². The Morgan fingerprint density at radius 1 is 0.833 bits per heavy atom. The molecule has 10 N–H and O–H groups in total. The van der Waals surface area contributed by atoms with E-state index in [1.165, 1.54) is 6.92 Å². The molecule has 0 amide bonds. The lowest BCUT2D eigenvalue weighted by molar-refractivity contribution is -0.0532. The standard InChI is InChI=1S/C18H30N5O6P.C18H31N5O3Si.C5H10F3O5PS/c1-3-28-30(26,29-4-2)6-5-27-14-10-23(9-13(14)11-24)8-12-7-20-16-15(12)21-18(19)22-17(16)25;1-18(2,3)27(4,5)26-10-12-8-23(9-13(12)24)7-11-6-20-15-14(11)21-17(19)22-16(15)25;1-3-12-14(2,9)4-13-15(10,11)5(6,7)8/h7,13-14,20,24H,3-6,8-11H2,1-2H3,(H3,19,21,22,25);6,12-13,20,24H,7-10H2,1-5H3,(H3,19,21,22,25);3-4H2,1-2H3. The lowest BCUT2D eigenvalue weighted by Gasteiger charge is -2.37. The predicted molar refractivity (Wildman–Crippen MR) is 268 cm³/mol. The predicted octanol–water partition coefficient (Wildman–Crippen LogP) is 4.31. The summed E-state index contributed by atoms with van der Waals surface area (Å²) in [5, 5.41) is 20.4. The van der Waals surface area contributed by atoms with Crippen LogP contribution in [0.25, 0.3) is 22.1 Å². The Bertz CT molecular complexity index is 2730. The van der Waals surface area contributed by atoms with E-state index in [-0.39, 0.29) is 72.0 Å². The van der Waals surface area contributed by atoms with Crippen molar-refractivity contribution >= 4 is 67.4 Å². The zero-order valence-corrected chi connectivity index (χ0v) is 45.6. The fourth-order valence-electron chi connectivity index (χ4n) is 7.50. The number of rotatable bonds is 21. The summed E-state index contributed by atoms with van der Waals surface area (Å²) in [5.74, 6) is 0.189. The molecule has 0 aliphatic carbocycles. The van der Waals surface area contributed by atoms with Gasteiger partial charge < -0.3 is 54.4 Å². The van der Waals surface area contributed by atoms with E-state index in [1.54, 1.807) is 26.2 Å². The molecule has 410 valence electrons.